The van der Waals surface area contributed by atoms with Gasteiger partial charge in [-0.15, -0.1) is 10.2 Å². The number of carbonyl (C=O) groups excluding carboxylic acids is 1. The van der Waals surface area contributed by atoms with Crippen LogP contribution in [0.25, 0.3) is 11.3 Å². The van der Waals surface area contributed by atoms with Crippen molar-refractivity contribution in [2.24, 2.45) is 5.92 Å². The molecule has 1 amide bonds. The number of amides is 1. The fraction of sp³-hybridized carbons (Fsp3) is 0.615. The van der Waals surface area contributed by atoms with E-state index in [1.807, 2.05) is 26.8 Å². The molecule has 1 saturated carbocycles. The first kappa shape index (κ1) is 25.3. The smallest absolute Gasteiger partial charge is 0.242 e. The van der Waals surface area contributed by atoms with E-state index in [1.165, 1.54) is 0 Å². The van der Waals surface area contributed by atoms with Crippen molar-refractivity contribution in [2.75, 3.05) is 38.4 Å². The van der Waals surface area contributed by atoms with Gasteiger partial charge in [-0.1, -0.05) is 13.0 Å². The second kappa shape index (κ2) is 11.8. The summed E-state index contributed by atoms with van der Waals surface area (Å²) < 4.78 is 11.2. The van der Waals surface area contributed by atoms with Gasteiger partial charge in [-0.3, -0.25) is 9.69 Å². The fourth-order valence-corrected chi connectivity index (χ4v) is 5.01. The Balaban J connectivity index is 1.35. The number of likely N-dealkylation sites (tertiary alicyclic amines) is 1. The third kappa shape index (κ3) is 6.89. The first-order chi connectivity index (χ1) is 16.9. The lowest BCUT2D eigenvalue weighted by molar-refractivity contribution is -0.124. The highest BCUT2D eigenvalue weighted by atomic mass is 16.7. The maximum absolute atomic E-state index is 12.4. The van der Waals surface area contributed by atoms with Crippen LogP contribution in [0, 0.1) is 19.8 Å². The largest absolute Gasteiger partial charge is 0.467 e. The van der Waals surface area contributed by atoms with Gasteiger partial charge < -0.3 is 20.1 Å². The molecule has 1 atom stereocenters. The van der Waals surface area contributed by atoms with Crippen molar-refractivity contribution in [3.63, 3.8) is 0 Å². The van der Waals surface area contributed by atoms with Gasteiger partial charge in [-0.05, 0) is 76.1 Å². The summed E-state index contributed by atoms with van der Waals surface area (Å²) >= 11 is 0. The minimum absolute atomic E-state index is 0.126. The third-order valence-electron chi connectivity index (χ3n) is 6.71. The van der Waals surface area contributed by atoms with Gasteiger partial charge in [0.1, 0.15) is 11.4 Å². The van der Waals surface area contributed by atoms with Crippen LogP contribution in [0.3, 0.4) is 0 Å². The Morgan fingerprint density at radius 3 is 2.74 bits per heavy atom. The SMILES string of the molecule is CCOCOc1cc(C)cc(C)c1-c1cnc(N[C@@H]2CCCN(CC(=O)N[C@H]3C[C@H](C)C3)C2)nn1. The Bertz CT molecular complexity index is 993. The molecule has 9 heteroatoms. The average Bonchev–Trinajstić information content (AvgIpc) is 2.79. The van der Waals surface area contributed by atoms with E-state index in [-0.39, 0.29) is 18.7 Å². The van der Waals surface area contributed by atoms with E-state index in [2.05, 4.69) is 43.7 Å². The zero-order valence-electron chi connectivity index (χ0n) is 21.3. The lowest BCUT2D eigenvalue weighted by Gasteiger charge is -2.35. The Morgan fingerprint density at radius 2 is 2.03 bits per heavy atom. The second-order valence-corrected chi connectivity index (χ2v) is 9.94. The number of piperidine rings is 1. The van der Waals surface area contributed by atoms with Gasteiger partial charge in [0.25, 0.3) is 0 Å². The number of aryl methyl sites for hydroxylation is 2. The van der Waals surface area contributed by atoms with Gasteiger partial charge in [0, 0.05) is 30.8 Å². The first-order valence-corrected chi connectivity index (χ1v) is 12.7. The number of ether oxygens (including phenoxy) is 2. The topological polar surface area (TPSA) is 102 Å². The van der Waals surface area contributed by atoms with E-state index in [1.54, 1.807) is 6.20 Å². The van der Waals surface area contributed by atoms with Gasteiger partial charge in [0.05, 0.1) is 12.7 Å². The monoisotopic (exact) mass is 482 g/mol. The van der Waals surface area contributed by atoms with Crippen LogP contribution in [0.2, 0.25) is 0 Å². The zero-order chi connectivity index (χ0) is 24.8. The highest BCUT2D eigenvalue weighted by Gasteiger charge is 2.28. The van der Waals surface area contributed by atoms with E-state index in [0.717, 1.165) is 61.4 Å². The normalized spacial score (nSPS) is 22.3. The fourth-order valence-electron chi connectivity index (χ4n) is 5.01. The summed E-state index contributed by atoms with van der Waals surface area (Å²) in [6.07, 6.45) is 5.96. The summed E-state index contributed by atoms with van der Waals surface area (Å²) in [4.78, 5) is 19.1. The van der Waals surface area contributed by atoms with Crippen LogP contribution in [0.1, 0.15) is 50.7 Å². The molecule has 1 aliphatic carbocycles. The summed E-state index contributed by atoms with van der Waals surface area (Å²) in [6.45, 7) is 11.2. The van der Waals surface area contributed by atoms with Crippen LogP contribution in [0.4, 0.5) is 5.95 Å². The van der Waals surface area contributed by atoms with Crippen LogP contribution in [-0.4, -0.2) is 71.1 Å². The van der Waals surface area contributed by atoms with Gasteiger partial charge in [0.2, 0.25) is 11.9 Å². The van der Waals surface area contributed by atoms with Gasteiger partial charge in [-0.2, -0.15) is 0 Å². The molecular formula is C26H38N6O3. The Labute approximate surface area is 208 Å². The molecule has 1 aromatic carbocycles. The Kier molecular flexibility index (Phi) is 8.51. The Hall–Kier alpha value is -2.78. The van der Waals surface area contributed by atoms with E-state index < -0.39 is 0 Å². The zero-order valence-corrected chi connectivity index (χ0v) is 21.3. The van der Waals surface area contributed by atoms with Gasteiger partial charge >= 0.3 is 0 Å². The number of nitrogens with zero attached hydrogens (tertiary/aromatic N) is 4. The molecule has 35 heavy (non-hydrogen) atoms. The summed E-state index contributed by atoms with van der Waals surface area (Å²) in [7, 11) is 0. The number of nitrogens with one attached hydrogen (secondary N) is 2. The maximum Gasteiger partial charge on any atom is 0.242 e. The minimum atomic E-state index is 0.126. The molecule has 9 nitrogen and oxygen atoms in total. The predicted octanol–water partition coefficient (Wildman–Crippen LogP) is 3.32. The van der Waals surface area contributed by atoms with Crippen LogP contribution < -0.4 is 15.4 Å². The predicted molar refractivity (Wildman–Crippen MR) is 135 cm³/mol. The maximum atomic E-state index is 12.4. The molecule has 0 spiro atoms. The summed E-state index contributed by atoms with van der Waals surface area (Å²) in [5, 5.41) is 15.3. The number of hydrogen-bond acceptors (Lipinski definition) is 8. The number of benzene rings is 1. The molecule has 2 aromatic rings. The molecule has 2 fully saturated rings. The van der Waals surface area contributed by atoms with Gasteiger partial charge in [-0.25, -0.2) is 4.98 Å². The number of rotatable bonds is 10. The molecule has 0 radical (unpaired) electrons. The molecule has 2 N–H and O–H groups in total. The lowest BCUT2D eigenvalue weighted by atomic mass is 9.82. The third-order valence-corrected chi connectivity index (χ3v) is 6.71. The van der Waals surface area contributed by atoms with Gasteiger partial charge in [0.15, 0.2) is 6.79 Å². The molecule has 190 valence electrons. The van der Waals surface area contributed by atoms with Crippen molar-refractivity contribution < 1.29 is 14.3 Å². The molecule has 0 unspecified atom stereocenters. The van der Waals surface area contributed by atoms with E-state index in [9.17, 15) is 4.79 Å². The highest BCUT2D eigenvalue weighted by molar-refractivity contribution is 5.78. The van der Waals surface area contributed by atoms with Crippen molar-refractivity contribution >= 4 is 11.9 Å². The Morgan fingerprint density at radius 1 is 1.20 bits per heavy atom. The molecule has 2 aliphatic rings. The van der Waals surface area contributed by atoms with Crippen molar-refractivity contribution in [3.05, 3.63) is 29.5 Å². The first-order valence-electron chi connectivity index (χ1n) is 12.7. The molecular weight excluding hydrogens is 444 g/mol. The quantitative estimate of drug-likeness (QED) is 0.393. The molecule has 1 saturated heterocycles. The molecule has 1 aromatic heterocycles. The second-order valence-electron chi connectivity index (χ2n) is 9.94. The number of anilines is 1. The molecule has 4 rings (SSSR count). The summed E-state index contributed by atoms with van der Waals surface area (Å²) in [5.41, 5.74) is 3.69. The lowest BCUT2D eigenvalue weighted by Crippen LogP contribution is -2.50. The molecule has 0 bridgehead atoms. The van der Waals surface area contributed by atoms with Crippen molar-refractivity contribution in [1.82, 2.24) is 25.4 Å². The summed E-state index contributed by atoms with van der Waals surface area (Å²) in [5.74, 6) is 2.06. The number of aromatic nitrogens is 3. The van der Waals surface area contributed by atoms with Crippen LogP contribution in [0.15, 0.2) is 18.3 Å². The van der Waals surface area contributed by atoms with Crippen molar-refractivity contribution in [2.45, 2.75) is 65.5 Å². The van der Waals surface area contributed by atoms with E-state index in [0.29, 0.717) is 36.6 Å². The number of hydrogen-bond donors (Lipinski definition) is 2. The van der Waals surface area contributed by atoms with Crippen molar-refractivity contribution in [3.8, 4) is 17.0 Å². The highest BCUT2D eigenvalue weighted by Crippen LogP contribution is 2.33. The average molecular weight is 483 g/mol. The van der Waals surface area contributed by atoms with Crippen LogP contribution in [0.5, 0.6) is 5.75 Å². The van der Waals surface area contributed by atoms with Crippen LogP contribution >= 0.6 is 0 Å². The standard InChI is InChI=1S/C26H38N6O3/c1-5-34-16-35-23-12-17(2)9-19(4)25(23)22-13-27-26(31-30-22)29-20-7-6-8-32(14-20)15-24(33)28-21-10-18(3)11-21/h9,12-13,18,20-21H,5-8,10-11,14-16H2,1-4H3,(H,28,33)(H,27,29,31)/t18-,20-,21-/m1/s1. The molecule has 1 aliphatic heterocycles. The van der Waals surface area contributed by atoms with Crippen molar-refractivity contribution in [1.29, 1.82) is 0 Å². The summed E-state index contributed by atoms with van der Waals surface area (Å²) in [6, 6.07) is 4.61. The molecule has 2 heterocycles. The van der Waals surface area contributed by atoms with Crippen LogP contribution in [-0.2, 0) is 9.53 Å². The number of carbonyl (C=O) groups is 1. The minimum Gasteiger partial charge on any atom is -0.467 e. The van der Waals surface area contributed by atoms with E-state index >= 15 is 0 Å². The van der Waals surface area contributed by atoms with E-state index in [4.69, 9.17) is 9.47 Å².